The van der Waals surface area contributed by atoms with Crippen LogP contribution < -0.4 is 10.6 Å². The topological polar surface area (TPSA) is 69.8 Å². The Balaban J connectivity index is 1.29. The van der Waals surface area contributed by atoms with E-state index in [1.807, 2.05) is 12.1 Å². The number of piperidine rings is 1. The van der Waals surface area contributed by atoms with Gasteiger partial charge in [0.1, 0.15) is 0 Å². The second-order valence-corrected chi connectivity index (χ2v) is 9.30. The fraction of sp³-hybridized carbons (Fsp3) is 0.480. The van der Waals surface area contributed by atoms with E-state index in [1.54, 1.807) is 12.1 Å². The highest BCUT2D eigenvalue weighted by molar-refractivity contribution is 5.92. The van der Waals surface area contributed by atoms with Crippen LogP contribution in [0.4, 0.5) is 5.69 Å². The van der Waals surface area contributed by atoms with Crippen LogP contribution in [0.25, 0.3) is 0 Å². The van der Waals surface area contributed by atoms with Gasteiger partial charge in [-0.25, -0.2) is 0 Å². The fourth-order valence-electron chi connectivity index (χ4n) is 5.90. The monoisotopic (exact) mass is 405 g/mol. The highest BCUT2D eigenvalue weighted by Gasteiger charge is 2.53. The number of likely N-dealkylation sites (tertiary alicyclic amines) is 1. The van der Waals surface area contributed by atoms with E-state index in [-0.39, 0.29) is 11.8 Å². The molecule has 3 fully saturated rings. The number of carbonyl (C=O) groups is 1. The van der Waals surface area contributed by atoms with Crippen molar-refractivity contribution in [1.29, 1.82) is 0 Å². The lowest BCUT2D eigenvalue weighted by atomic mass is 9.75. The first-order chi connectivity index (χ1) is 14.5. The smallest absolute Gasteiger partial charge is 0.248 e. The van der Waals surface area contributed by atoms with E-state index >= 15 is 0 Å². The normalized spacial score (nSPS) is 28.8. The van der Waals surface area contributed by atoms with Gasteiger partial charge >= 0.3 is 0 Å². The number of rotatable bonds is 5. The first-order valence-corrected chi connectivity index (χ1v) is 11.2. The van der Waals surface area contributed by atoms with Crippen molar-refractivity contribution in [2.75, 3.05) is 31.1 Å². The predicted molar refractivity (Wildman–Crippen MR) is 118 cm³/mol. The summed E-state index contributed by atoms with van der Waals surface area (Å²) in [6.07, 6.45) is 4.63. The van der Waals surface area contributed by atoms with Gasteiger partial charge in [0.2, 0.25) is 5.91 Å². The van der Waals surface area contributed by atoms with E-state index < -0.39 is 11.5 Å². The van der Waals surface area contributed by atoms with Gasteiger partial charge in [-0.15, -0.1) is 0 Å². The Labute approximate surface area is 178 Å². The quantitative estimate of drug-likeness (QED) is 0.802. The summed E-state index contributed by atoms with van der Waals surface area (Å²) in [6.45, 7) is 5.02. The second kappa shape index (κ2) is 7.71. The number of anilines is 1. The highest BCUT2D eigenvalue weighted by Crippen LogP contribution is 2.51. The maximum Gasteiger partial charge on any atom is 0.248 e. The lowest BCUT2D eigenvalue weighted by molar-refractivity contribution is -0.0914. The molecule has 2 aromatic rings. The molecule has 1 saturated carbocycles. The zero-order chi connectivity index (χ0) is 20.7. The lowest BCUT2D eigenvalue weighted by Crippen LogP contribution is -2.51. The first kappa shape index (κ1) is 19.6. The fourth-order valence-corrected chi connectivity index (χ4v) is 5.90. The number of nitrogens with two attached hydrogens (primary N) is 1. The van der Waals surface area contributed by atoms with E-state index in [1.165, 1.54) is 37.2 Å². The molecule has 2 aliphatic heterocycles. The third kappa shape index (κ3) is 3.40. The van der Waals surface area contributed by atoms with Crippen molar-refractivity contribution in [3.8, 4) is 0 Å². The van der Waals surface area contributed by atoms with E-state index in [0.29, 0.717) is 5.56 Å². The number of primary amides is 1. The molecule has 0 spiro atoms. The van der Waals surface area contributed by atoms with Crippen molar-refractivity contribution in [3.63, 3.8) is 0 Å². The maximum atomic E-state index is 11.7. The first-order valence-electron chi connectivity index (χ1n) is 11.2. The predicted octanol–water partition coefficient (Wildman–Crippen LogP) is 3.12. The summed E-state index contributed by atoms with van der Waals surface area (Å²) in [5.74, 6) is -0.0749. The largest absolute Gasteiger partial charge is 0.384 e. The van der Waals surface area contributed by atoms with Gasteiger partial charge in [-0.1, -0.05) is 24.3 Å². The summed E-state index contributed by atoms with van der Waals surface area (Å²) in [5.41, 5.74) is 8.59. The molecule has 5 heteroatoms. The van der Waals surface area contributed by atoms with Crippen molar-refractivity contribution in [3.05, 3.63) is 65.2 Å². The zero-order valence-electron chi connectivity index (χ0n) is 17.5. The molecular weight excluding hydrogens is 374 g/mol. The van der Waals surface area contributed by atoms with Crippen molar-refractivity contribution in [1.82, 2.24) is 4.90 Å². The summed E-state index contributed by atoms with van der Waals surface area (Å²) >= 11 is 0. The van der Waals surface area contributed by atoms with Gasteiger partial charge in [0.25, 0.3) is 0 Å². The molecule has 30 heavy (non-hydrogen) atoms. The van der Waals surface area contributed by atoms with Crippen LogP contribution in [0, 0.1) is 11.8 Å². The Morgan fingerprint density at radius 1 is 1.03 bits per heavy atom. The van der Waals surface area contributed by atoms with Gasteiger partial charge in [0.15, 0.2) is 0 Å². The number of nitrogens with zero attached hydrogens (tertiary/aromatic N) is 2. The Hall–Kier alpha value is -2.37. The minimum atomic E-state index is -0.860. The van der Waals surface area contributed by atoms with Gasteiger partial charge in [0.05, 0.1) is 5.60 Å². The number of benzene rings is 2. The third-order valence-corrected chi connectivity index (χ3v) is 7.49. The Morgan fingerprint density at radius 2 is 1.70 bits per heavy atom. The van der Waals surface area contributed by atoms with Crippen LogP contribution >= 0.6 is 0 Å². The number of amides is 1. The molecule has 2 atom stereocenters. The summed E-state index contributed by atoms with van der Waals surface area (Å²) in [7, 11) is 0. The summed E-state index contributed by atoms with van der Waals surface area (Å²) < 4.78 is 0. The van der Waals surface area contributed by atoms with Crippen LogP contribution in [0.15, 0.2) is 48.5 Å². The van der Waals surface area contributed by atoms with E-state index in [0.717, 1.165) is 38.0 Å². The van der Waals surface area contributed by atoms with Gasteiger partial charge in [-0.05, 0) is 61.1 Å². The summed E-state index contributed by atoms with van der Waals surface area (Å²) in [5, 5.41) is 11.7. The Kier molecular flexibility index (Phi) is 5.03. The lowest BCUT2D eigenvalue weighted by Gasteiger charge is -2.45. The van der Waals surface area contributed by atoms with Gasteiger partial charge in [-0.2, -0.15) is 0 Å². The molecule has 3 N–H and O–H groups in total. The molecule has 2 aromatic carbocycles. The van der Waals surface area contributed by atoms with E-state index in [2.05, 4.69) is 34.1 Å². The van der Waals surface area contributed by atoms with Crippen LogP contribution in [-0.4, -0.2) is 42.1 Å². The summed E-state index contributed by atoms with van der Waals surface area (Å²) in [4.78, 5) is 16.6. The van der Waals surface area contributed by atoms with Crippen LogP contribution in [0.1, 0.15) is 47.2 Å². The Bertz CT molecular complexity index is 906. The van der Waals surface area contributed by atoms with Crippen LogP contribution in [0.5, 0.6) is 0 Å². The maximum absolute atomic E-state index is 11.7. The molecule has 0 aromatic heterocycles. The summed E-state index contributed by atoms with van der Waals surface area (Å²) in [6, 6.07) is 16.3. The van der Waals surface area contributed by atoms with Crippen molar-refractivity contribution < 1.29 is 9.90 Å². The van der Waals surface area contributed by atoms with Crippen LogP contribution in [0.3, 0.4) is 0 Å². The minimum absolute atomic E-state index is 0.184. The number of hydrogen-bond acceptors (Lipinski definition) is 4. The SMILES string of the molecule is NC(=O)c1cccc(C2(O)C3CCC2CN(Cc2ccc(N4CCCC4)cc2)C3)c1. The molecule has 1 aliphatic carbocycles. The second-order valence-electron chi connectivity index (χ2n) is 9.30. The van der Waals surface area contributed by atoms with Gasteiger partial charge in [0, 0.05) is 55.8 Å². The standard InChI is InChI=1S/C25H31N3O2/c26-24(29)19-4-3-5-20(14-19)25(30)21-8-9-22(25)17-27(16-21)15-18-6-10-23(11-7-18)28-12-1-2-13-28/h3-7,10-11,14,21-22,30H,1-2,8-9,12-13,15-17H2,(H2,26,29). The Morgan fingerprint density at radius 3 is 2.33 bits per heavy atom. The van der Waals surface area contributed by atoms with Crippen molar-refractivity contribution in [2.45, 2.75) is 37.8 Å². The number of carbonyl (C=O) groups excluding carboxylic acids is 1. The highest BCUT2D eigenvalue weighted by atomic mass is 16.3. The van der Waals surface area contributed by atoms with Gasteiger partial charge < -0.3 is 15.7 Å². The minimum Gasteiger partial charge on any atom is -0.384 e. The molecule has 5 rings (SSSR count). The molecule has 3 aliphatic rings. The molecule has 0 radical (unpaired) electrons. The average Bonchev–Trinajstić information content (AvgIpc) is 3.33. The number of hydrogen-bond donors (Lipinski definition) is 2. The average molecular weight is 406 g/mol. The molecule has 2 saturated heterocycles. The zero-order valence-corrected chi connectivity index (χ0v) is 17.5. The number of fused-ring (bicyclic) bond motifs is 2. The molecular formula is C25H31N3O2. The van der Waals surface area contributed by atoms with Crippen molar-refractivity contribution >= 4 is 11.6 Å². The molecule has 158 valence electrons. The molecule has 5 nitrogen and oxygen atoms in total. The molecule has 2 unspecified atom stereocenters. The van der Waals surface area contributed by atoms with Crippen molar-refractivity contribution in [2.24, 2.45) is 17.6 Å². The number of aliphatic hydroxyl groups is 1. The molecule has 2 bridgehead atoms. The third-order valence-electron chi connectivity index (χ3n) is 7.49. The molecule has 2 heterocycles. The van der Waals surface area contributed by atoms with Crippen LogP contribution in [-0.2, 0) is 12.1 Å². The van der Waals surface area contributed by atoms with E-state index in [9.17, 15) is 9.90 Å². The van der Waals surface area contributed by atoms with Gasteiger partial charge in [-0.3, -0.25) is 9.69 Å². The van der Waals surface area contributed by atoms with Crippen LogP contribution in [0.2, 0.25) is 0 Å². The molecule has 1 amide bonds. The van der Waals surface area contributed by atoms with E-state index in [4.69, 9.17) is 5.73 Å².